The smallest absolute Gasteiger partial charge is 0.407 e. The molecule has 1 unspecified atom stereocenters. The molecule has 0 aliphatic carbocycles. The lowest BCUT2D eigenvalue weighted by molar-refractivity contribution is 0.0520. The van der Waals surface area contributed by atoms with Gasteiger partial charge < -0.3 is 20.7 Å². The van der Waals surface area contributed by atoms with Gasteiger partial charge in [-0.15, -0.1) is 6.58 Å². The molecule has 0 aromatic heterocycles. The van der Waals surface area contributed by atoms with E-state index in [1.54, 1.807) is 6.34 Å². The number of nitrogens with zero attached hydrogens (tertiary/aromatic N) is 2. The Hall–Kier alpha value is -1.98. The Balaban J connectivity index is 4.60. The quantitative estimate of drug-likeness (QED) is 0.410. The number of ether oxygens (including phenoxy) is 1. The molecule has 1 atom stereocenters. The fraction of sp³-hybridized carbons (Fsp3) is 0.625. The Morgan fingerprint density at radius 2 is 2.00 bits per heavy atom. The van der Waals surface area contributed by atoms with Crippen molar-refractivity contribution in [3.8, 4) is 0 Å². The molecule has 126 valence electrons. The minimum absolute atomic E-state index is 0.240. The molecule has 0 radical (unpaired) electrons. The molecule has 22 heavy (non-hydrogen) atoms. The third-order valence-electron chi connectivity index (χ3n) is 3.16. The van der Waals surface area contributed by atoms with Gasteiger partial charge in [0.1, 0.15) is 11.4 Å². The Morgan fingerprint density at radius 1 is 1.41 bits per heavy atom. The van der Waals surface area contributed by atoms with E-state index in [0.717, 1.165) is 6.42 Å². The van der Waals surface area contributed by atoms with E-state index >= 15 is 0 Å². The van der Waals surface area contributed by atoms with Gasteiger partial charge in [-0.2, -0.15) is 0 Å². The summed E-state index contributed by atoms with van der Waals surface area (Å²) in [7, 11) is 1.91. The summed E-state index contributed by atoms with van der Waals surface area (Å²) in [6.45, 7) is 15.4. The molecule has 0 aromatic carbocycles. The topological polar surface area (TPSA) is 80.0 Å². The number of aliphatic imine (C=N–C) groups is 1. The molecule has 0 aromatic rings. The number of carbonyl (C=O) groups is 1. The zero-order valence-corrected chi connectivity index (χ0v) is 14.5. The van der Waals surface area contributed by atoms with Crippen molar-refractivity contribution in [2.45, 2.75) is 51.7 Å². The monoisotopic (exact) mass is 310 g/mol. The second-order valence-electron chi connectivity index (χ2n) is 6.52. The molecule has 0 saturated carbocycles. The van der Waals surface area contributed by atoms with Crippen molar-refractivity contribution < 1.29 is 9.53 Å². The predicted molar refractivity (Wildman–Crippen MR) is 91.7 cm³/mol. The van der Waals surface area contributed by atoms with Crippen LogP contribution in [0.15, 0.2) is 30.0 Å². The number of rotatable bonds is 8. The first-order valence-corrected chi connectivity index (χ1v) is 7.29. The van der Waals surface area contributed by atoms with Crippen LogP contribution in [0.25, 0.3) is 0 Å². The van der Waals surface area contributed by atoms with E-state index in [2.05, 4.69) is 30.4 Å². The number of carbonyl (C=O) groups excluding carboxylic acids is 1. The highest BCUT2D eigenvalue weighted by Gasteiger charge is 2.26. The summed E-state index contributed by atoms with van der Waals surface area (Å²) >= 11 is 0. The summed E-state index contributed by atoms with van der Waals surface area (Å²) in [4.78, 5) is 17.6. The summed E-state index contributed by atoms with van der Waals surface area (Å²) in [5.74, 6) is 0.250. The Morgan fingerprint density at radius 3 is 2.45 bits per heavy atom. The van der Waals surface area contributed by atoms with Gasteiger partial charge >= 0.3 is 6.09 Å². The second-order valence-corrected chi connectivity index (χ2v) is 6.52. The molecular weight excluding hydrogens is 280 g/mol. The van der Waals surface area contributed by atoms with Crippen LogP contribution in [-0.2, 0) is 4.74 Å². The predicted octanol–water partition coefficient (Wildman–Crippen LogP) is 2.63. The van der Waals surface area contributed by atoms with Crippen LogP contribution in [-0.4, -0.2) is 42.1 Å². The molecule has 0 rings (SSSR count). The molecule has 0 bridgehead atoms. The zero-order valence-electron chi connectivity index (χ0n) is 14.5. The molecule has 0 spiro atoms. The van der Waals surface area contributed by atoms with Crippen LogP contribution >= 0.6 is 0 Å². The van der Waals surface area contributed by atoms with Crippen molar-refractivity contribution in [3.63, 3.8) is 0 Å². The third-order valence-corrected chi connectivity index (χ3v) is 3.16. The van der Waals surface area contributed by atoms with E-state index in [1.807, 2.05) is 38.8 Å². The Bertz CT molecular complexity index is 426. The van der Waals surface area contributed by atoms with E-state index < -0.39 is 11.7 Å². The lowest BCUT2D eigenvalue weighted by Crippen LogP contribution is -2.45. The van der Waals surface area contributed by atoms with Crippen molar-refractivity contribution >= 4 is 12.4 Å². The fourth-order valence-corrected chi connectivity index (χ4v) is 1.78. The summed E-state index contributed by atoms with van der Waals surface area (Å²) in [6.07, 6.45) is 4.51. The maximum Gasteiger partial charge on any atom is 0.407 e. The minimum Gasteiger partial charge on any atom is -0.444 e. The van der Waals surface area contributed by atoms with E-state index in [0.29, 0.717) is 13.0 Å². The van der Waals surface area contributed by atoms with Crippen LogP contribution in [0.5, 0.6) is 0 Å². The SMILES string of the molecule is C=CCC(C)(CCNC(=O)OC(C)(C)C)N(C)C=NC(=C)N. The van der Waals surface area contributed by atoms with Crippen LogP contribution in [0.2, 0.25) is 0 Å². The second kappa shape index (κ2) is 8.46. The normalized spacial score (nSPS) is 14.2. The van der Waals surface area contributed by atoms with Crippen LogP contribution in [0.3, 0.4) is 0 Å². The van der Waals surface area contributed by atoms with Crippen molar-refractivity contribution in [2.24, 2.45) is 10.7 Å². The maximum absolute atomic E-state index is 11.7. The van der Waals surface area contributed by atoms with Crippen LogP contribution < -0.4 is 11.1 Å². The lowest BCUT2D eigenvalue weighted by atomic mass is 9.92. The molecule has 0 aliphatic rings. The van der Waals surface area contributed by atoms with E-state index in [4.69, 9.17) is 10.5 Å². The first-order valence-electron chi connectivity index (χ1n) is 7.29. The van der Waals surface area contributed by atoms with Crippen LogP contribution in [0.4, 0.5) is 4.79 Å². The van der Waals surface area contributed by atoms with Gasteiger partial charge in [0.2, 0.25) is 0 Å². The number of nitrogens with one attached hydrogen (secondary N) is 1. The van der Waals surface area contributed by atoms with Gasteiger partial charge in [-0.3, -0.25) is 0 Å². The number of nitrogens with two attached hydrogens (primary N) is 1. The molecule has 0 aliphatic heterocycles. The summed E-state index contributed by atoms with van der Waals surface area (Å²) in [5.41, 5.74) is 4.70. The number of hydrogen-bond donors (Lipinski definition) is 2. The molecule has 6 heteroatoms. The molecule has 0 saturated heterocycles. The highest BCUT2D eigenvalue weighted by atomic mass is 16.6. The van der Waals surface area contributed by atoms with E-state index in [9.17, 15) is 4.79 Å². The Kier molecular flexibility index (Phi) is 7.70. The molecular formula is C16H30N4O2. The number of hydrogen-bond acceptors (Lipinski definition) is 4. The maximum atomic E-state index is 11.7. The van der Waals surface area contributed by atoms with Gasteiger partial charge in [0, 0.05) is 19.1 Å². The van der Waals surface area contributed by atoms with E-state index in [1.165, 1.54) is 0 Å². The molecule has 6 nitrogen and oxygen atoms in total. The lowest BCUT2D eigenvalue weighted by Gasteiger charge is -2.37. The van der Waals surface area contributed by atoms with Crippen molar-refractivity contribution in [1.82, 2.24) is 10.2 Å². The summed E-state index contributed by atoms with van der Waals surface area (Å²) < 4.78 is 5.21. The summed E-state index contributed by atoms with van der Waals surface area (Å²) in [6, 6.07) is 0. The van der Waals surface area contributed by atoms with Gasteiger partial charge in [0.05, 0.1) is 6.34 Å². The minimum atomic E-state index is -0.501. The van der Waals surface area contributed by atoms with E-state index in [-0.39, 0.29) is 11.4 Å². The van der Waals surface area contributed by atoms with Crippen LogP contribution in [0.1, 0.15) is 40.5 Å². The Labute approximate surface area is 134 Å². The van der Waals surface area contributed by atoms with Crippen molar-refractivity contribution in [2.75, 3.05) is 13.6 Å². The molecule has 0 fully saturated rings. The first-order chi connectivity index (χ1) is 10.00. The van der Waals surface area contributed by atoms with Gasteiger partial charge in [-0.1, -0.05) is 12.7 Å². The largest absolute Gasteiger partial charge is 0.444 e. The highest BCUT2D eigenvalue weighted by molar-refractivity contribution is 5.67. The molecule has 3 N–H and O–H groups in total. The van der Waals surface area contributed by atoms with Gasteiger partial charge in [0.25, 0.3) is 0 Å². The number of amides is 1. The van der Waals surface area contributed by atoms with Gasteiger partial charge in [-0.05, 0) is 40.5 Å². The first kappa shape index (κ1) is 20.0. The van der Waals surface area contributed by atoms with Gasteiger partial charge in [-0.25, -0.2) is 9.79 Å². The molecule has 1 amide bonds. The summed E-state index contributed by atoms with van der Waals surface area (Å²) in [5, 5.41) is 2.76. The number of alkyl carbamates (subject to hydrolysis) is 1. The van der Waals surface area contributed by atoms with Crippen LogP contribution in [0, 0.1) is 0 Å². The third kappa shape index (κ3) is 8.34. The average Bonchev–Trinajstić information content (AvgIpc) is 2.33. The molecule has 0 heterocycles. The fourth-order valence-electron chi connectivity index (χ4n) is 1.78. The van der Waals surface area contributed by atoms with Crippen molar-refractivity contribution in [1.29, 1.82) is 0 Å². The zero-order chi connectivity index (χ0) is 17.4. The highest BCUT2D eigenvalue weighted by Crippen LogP contribution is 2.21. The van der Waals surface area contributed by atoms with Gasteiger partial charge in [0.15, 0.2) is 0 Å². The standard InChI is InChI=1S/C16H30N4O2/c1-8-9-16(6,20(7)12-19-13(2)17)10-11-18-14(21)22-15(3,4)5/h8,12H,1-2,9-11,17H2,3-7H3,(H,18,21). The average molecular weight is 310 g/mol. The van der Waals surface area contributed by atoms with Crippen molar-refractivity contribution in [3.05, 3.63) is 25.1 Å².